The van der Waals surface area contributed by atoms with E-state index in [2.05, 4.69) is 5.32 Å². The van der Waals surface area contributed by atoms with Crippen LogP contribution in [0.1, 0.15) is 55.5 Å². The van der Waals surface area contributed by atoms with Gasteiger partial charge in [-0.3, -0.25) is 9.59 Å². The van der Waals surface area contributed by atoms with Gasteiger partial charge < -0.3 is 19.9 Å². The van der Waals surface area contributed by atoms with Crippen LogP contribution in [0.3, 0.4) is 0 Å². The van der Waals surface area contributed by atoms with Crippen molar-refractivity contribution in [1.82, 2.24) is 5.32 Å². The molecular weight excluding hydrogens is 419 g/mol. The summed E-state index contributed by atoms with van der Waals surface area (Å²) in [5, 5.41) is 11.6. The van der Waals surface area contributed by atoms with Gasteiger partial charge in [0.2, 0.25) is 0 Å². The van der Waals surface area contributed by atoms with Crippen LogP contribution in [0.15, 0.2) is 24.3 Å². The number of carboxylic acid groups (broad SMARTS) is 1. The third-order valence-electron chi connectivity index (χ3n) is 5.20. The minimum absolute atomic E-state index is 0.0324. The molecule has 1 heterocycles. The van der Waals surface area contributed by atoms with Crippen molar-refractivity contribution in [3.8, 4) is 0 Å². The number of unbranched alkanes of at least 4 members (excludes halogenated alkanes) is 1. The zero-order chi connectivity index (χ0) is 23.2. The van der Waals surface area contributed by atoms with Crippen LogP contribution >= 0.6 is 0 Å². The van der Waals surface area contributed by atoms with Crippen LogP contribution in [0.2, 0.25) is 0 Å². The van der Waals surface area contributed by atoms with Gasteiger partial charge in [-0.25, -0.2) is 4.79 Å². The van der Waals surface area contributed by atoms with Crippen LogP contribution in [0.4, 0.5) is 13.2 Å². The van der Waals surface area contributed by atoms with Gasteiger partial charge in [-0.05, 0) is 44.0 Å². The van der Waals surface area contributed by atoms with E-state index in [0.29, 0.717) is 25.7 Å². The molecule has 1 aliphatic rings. The highest BCUT2D eigenvalue weighted by Gasteiger charge is 2.40. The first-order valence-electron chi connectivity index (χ1n) is 9.92. The maximum Gasteiger partial charge on any atom is 0.416 e. The number of ketones is 1. The highest BCUT2D eigenvalue weighted by atomic mass is 19.4. The summed E-state index contributed by atoms with van der Waals surface area (Å²) in [6.45, 7) is 3.20. The second-order valence-corrected chi connectivity index (χ2v) is 7.74. The largest absolute Gasteiger partial charge is 0.477 e. The lowest BCUT2D eigenvalue weighted by atomic mass is 9.98. The van der Waals surface area contributed by atoms with Gasteiger partial charge in [0, 0.05) is 18.4 Å². The third-order valence-corrected chi connectivity index (χ3v) is 5.20. The van der Waals surface area contributed by atoms with E-state index in [4.69, 9.17) is 14.6 Å². The molecule has 1 aromatic carbocycles. The van der Waals surface area contributed by atoms with E-state index in [0.717, 1.165) is 24.3 Å². The first-order valence-corrected chi connectivity index (χ1v) is 9.92. The molecule has 7 nitrogen and oxygen atoms in total. The Morgan fingerprint density at radius 3 is 2.23 bits per heavy atom. The van der Waals surface area contributed by atoms with Crippen molar-refractivity contribution in [2.45, 2.75) is 57.5 Å². The maximum absolute atomic E-state index is 12.6. The number of ether oxygens (including phenoxy) is 2. The van der Waals surface area contributed by atoms with Gasteiger partial charge in [-0.2, -0.15) is 13.2 Å². The zero-order valence-electron chi connectivity index (χ0n) is 17.3. The summed E-state index contributed by atoms with van der Waals surface area (Å²) in [6, 6.07) is 3.04. The Morgan fingerprint density at radius 1 is 1.16 bits per heavy atom. The number of aliphatic carboxylic acids is 1. The summed E-state index contributed by atoms with van der Waals surface area (Å²) in [5.74, 6) is -3.64. The Balaban J connectivity index is 1.78. The summed E-state index contributed by atoms with van der Waals surface area (Å²) in [5.41, 5.74) is -0.816. The quantitative estimate of drug-likeness (QED) is 0.565. The Kier molecular flexibility index (Phi) is 8.19. The number of carboxylic acids is 1. The lowest BCUT2D eigenvalue weighted by molar-refractivity contribution is -0.271. The molecule has 31 heavy (non-hydrogen) atoms. The molecule has 1 fully saturated rings. The second-order valence-electron chi connectivity index (χ2n) is 7.74. The highest BCUT2D eigenvalue weighted by molar-refractivity contribution is 5.97. The SMILES string of the molecule is CC(=O)C(CCCC[C@H]1CO[C@@](C)(C(=O)O)OC1)NC(=O)c1ccc(C(F)(F)F)cc1. The molecule has 0 aliphatic carbocycles. The average molecular weight is 445 g/mol. The first kappa shape index (κ1) is 24.8. The van der Waals surface area contributed by atoms with E-state index in [-0.39, 0.29) is 30.5 Å². The summed E-state index contributed by atoms with van der Waals surface area (Å²) >= 11 is 0. The molecule has 0 aromatic heterocycles. The van der Waals surface area contributed by atoms with Gasteiger partial charge >= 0.3 is 12.1 Å². The molecule has 172 valence electrons. The molecule has 1 aromatic rings. The summed E-state index contributed by atoms with van der Waals surface area (Å²) in [4.78, 5) is 35.2. The number of amides is 1. The monoisotopic (exact) mass is 445 g/mol. The highest BCUT2D eigenvalue weighted by Crippen LogP contribution is 2.29. The van der Waals surface area contributed by atoms with Gasteiger partial charge in [0.1, 0.15) is 0 Å². The maximum atomic E-state index is 12.6. The number of halogens is 3. The normalized spacial score (nSPS) is 22.5. The molecular formula is C21H26F3NO6. The third kappa shape index (κ3) is 7.03. The van der Waals surface area contributed by atoms with Crippen LogP contribution in [-0.2, 0) is 25.2 Å². The topological polar surface area (TPSA) is 102 Å². The number of hydrogen-bond acceptors (Lipinski definition) is 5. The van der Waals surface area contributed by atoms with Crippen molar-refractivity contribution >= 4 is 17.7 Å². The van der Waals surface area contributed by atoms with E-state index < -0.39 is 35.4 Å². The van der Waals surface area contributed by atoms with Crippen LogP contribution in [0.5, 0.6) is 0 Å². The molecule has 0 radical (unpaired) electrons. The predicted octanol–water partition coefficient (Wildman–Crippen LogP) is 3.42. The van der Waals surface area contributed by atoms with Crippen LogP contribution in [0, 0.1) is 5.92 Å². The number of alkyl halides is 3. The molecule has 1 amide bonds. The summed E-state index contributed by atoms with van der Waals surface area (Å²) < 4.78 is 48.5. The Hall–Kier alpha value is -2.46. The van der Waals surface area contributed by atoms with Crippen molar-refractivity contribution in [3.63, 3.8) is 0 Å². The van der Waals surface area contributed by atoms with E-state index in [1.807, 2.05) is 0 Å². The second kappa shape index (κ2) is 10.2. The number of benzene rings is 1. The molecule has 0 spiro atoms. The summed E-state index contributed by atoms with van der Waals surface area (Å²) in [7, 11) is 0. The Labute approximate surface area is 177 Å². The molecule has 0 bridgehead atoms. The van der Waals surface area contributed by atoms with Crippen LogP contribution < -0.4 is 5.32 Å². The van der Waals surface area contributed by atoms with E-state index in [9.17, 15) is 27.6 Å². The molecule has 1 saturated heterocycles. The lowest BCUT2D eigenvalue weighted by Crippen LogP contribution is -2.47. The predicted molar refractivity (Wildman–Crippen MR) is 103 cm³/mol. The number of Topliss-reactive ketones (excluding diaryl/α,β-unsaturated/α-hetero) is 1. The number of rotatable bonds is 9. The first-order chi connectivity index (χ1) is 14.4. The Morgan fingerprint density at radius 2 is 1.74 bits per heavy atom. The standard InChI is InChI=1S/C21H26F3NO6/c1-13(26)17(25-18(27)15-7-9-16(10-8-15)21(22,23)24)6-4-3-5-14-11-30-20(2,19(28)29)31-12-14/h7-10,14,17H,3-6,11-12H2,1-2H3,(H,25,27)(H,28,29)/t14-,17?,20+. The number of carbonyl (C=O) groups is 3. The van der Waals surface area contributed by atoms with Crippen molar-refractivity contribution in [2.24, 2.45) is 5.92 Å². The fourth-order valence-electron chi connectivity index (χ4n) is 3.14. The van der Waals surface area contributed by atoms with Gasteiger partial charge in [-0.1, -0.05) is 12.8 Å². The smallest absolute Gasteiger partial charge is 0.416 e. The van der Waals surface area contributed by atoms with Crippen LogP contribution in [-0.4, -0.2) is 47.8 Å². The fourth-order valence-corrected chi connectivity index (χ4v) is 3.14. The van der Waals surface area contributed by atoms with Crippen molar-refractivity contribution in [1.29, 1.82) is 0 Å². The fraction of sp³-hybridized carbons (Fsp3) is 0.571. The molecule has 1 unspecified atom stereocenters. The Bertz CT molecular complexity index is 785. The van der Waals surface area contributed by atoms with Gasteiger partial charge in [0.15, 0.2) is 5.78 Å². The zero-order valence-corrected chi connectivity index (χ0v) is 17.3. The van der Waals surface area contributed by atoms with Gasteiger partial charge in [0.25, 0.3) is 11.7 Å². The van der Waals surface area contributed by atoms with Gasteiger partial charge in [0.05, 0.1) is 24.8 Å². The minimum atomic E-state index is -4.49. The number of hydrogen-bond donors (Lipinski definition) is 2. The minimum Gasteiger partial charge on any atom is -0.477 e. The average Bonchev–Trinajstić information content (AvgIpc) is 2.70. The van der Waals surface area contributed by atoms with Crippen molar-refractivity contribution in [3.05, 3.63) is 35.4 Å². The number of nitrogens with one attached hydrogen (secondary N) is 1. The molecule has 10 heteroatoms. The van der Waals surface area contributed by atoms with Crippen LogP contribution in [0.25, 0.3) is 0 Å². The molecule has 0 saturated carbocycles. The molecule has 2 N–H and O–H groups in total. The lowest BCUT2D eigenvalue weighted by Gasteiger charge is -2.34. The van der Waals surface area contributed by atoms with E-state index >= 15 is 0 Å². The number of carbonyl (C=O) groups excluding carboxylic acids is 2. The molecule has 1 aliphatic heterocycles. The molecule has 1 atom stereocenters. The van der Waals surface area contributed by atoms with E-state index in [1.54, 1.807) is 0 Å². The van der Waals surface area contributed by atoms with Crippen molar-refractivity contribution < 1.29 is 42.1 Å². The molecule has 2 rings (SSSR count). The van der Waals surface area contributed by atoms with E-state index in [1.165, 1.54) is 13.8 Å². The van der Waals surface area contributed by atoms with Gasteiger partial charge in [-0.15, -0.1) is 0 Å². The summed E-state index contributed by atoms with van der Waals surface area (Å²) in [6.07, 6.45) is -2.08. The van der Waals surface area contributed by atoms with Crippen molar-refractivity contribution in [2.75, 3.05) is 13.2 Å².